The maximum absolute atomic E-state index is 12.4. The number of hydrogen-bond acceptors (Lipinski definition) is 2. The Hall–Kier alpha value is -1.35. The molecule has 0 aromatic heterocycles. The first-order chi connectivity index (χ1) is 8.72. The van der Waals surface area contributed by atoms with Gasteiger partial charge in [0.15, 0.2) is 0 Å². The maximum Gasteiger partial charge on any atom is 0.253 e. The van der Waals surface area contributed by atoms with Crippen molar-refractivity contribution in [2.45, 2.75) is 25.7 Å². The first-order valence-electron chi connectivity index (χ1n) is 6.76. The molecule has 1 fully saturated rings. The SMILES string of the molecule is CN(CC1CCC1)C(=O)c1ccccc1CCN. The average Bonchev–Trinajstić information content (AvgIpc) is 2.34. The van der Waals surface area contributed by atoms with Crippen LogP contribution < -0.4 is 5.73 Å². The lowest BCUT2D eigenvalue weighted by atomic mass is 9.85. The van der Waals surface area contributed by atoms with Crippen LogP contribution in [-0.4, -0.2) is 30.9 Å². The van der Waals surface area contributed by atoms with E-state index in [0.717, 1.165) is 24.1 Å². The fourth-order valence-corrected chi connectivity index (χ4v) is 2.45. The third-order valence-corrected chi connectivity index (χ3v) is 3.76. The van der Waals surface area contributed by atoms with Crippen molar-refractivity contribution in [1.29, 1.82) is 0 Å². The first kappa shape index (κ1) is 13.1. The van der Waals surface area contributed by atoms with Gasteiger partial charge in [0.2, 0.25) is 0 Å². The highest BCUT2D eigenvalue weighted by Crippen LogP contribution is 2.27. The molecule has 1 aromatic carbocycles. The Labute approximate surface area is 109 Å². The van der Waals surface area contributed by atoms with Gasteiger partial charge in [0.25, 0.3) is 5.91 Å². The second-order valence-electron chi connectivity index (χ2n) is 5.18. The Morgan fingerprint density at radius 3 is 2.72 bits per heavy atom. The molecule has 0 saturated heterocycles. The van der Waals surface area contributed by atoms with E-state index in [-0.39, 0.29) is 5.91 Å². The second kappa shape index (κ2) is 6.01. The van der Waals surface area contributed by atoms with Crippen molar-refractivity contribution in [3.05, 3.63) is 35.4 Å². The largest absolute Gasteiger partial charge is 0.341 e. The molecule has 1 amide bonds. The molecule has 18 heavy (non-hydrogen) atoms. The van der Waals surface area contributed by atoms with Crippen LogP contribution in [0.2, 0.25) is 0 Å². The highest BCUT2D eigenvalue weighted by molar-refractivity contribution is 5.95. The molecule has 1 saturated carbocycles. The van der Waals surface area contributed by atoms with E-state index in [1.165, 1.54) is 19.3 Å². The minimum atomic E-state index is 0.131. The standard InChI is InChI=1S/C15H22N2O/c1-17(11-12-5-4-6-12)15(18)14-8-3-2-7-13(14)9-10-16/h2-3,7-8,12H,4-6,9-11,16H2,1H3. The van der Waals surface area contributed by atoms with Crippen molar-refractivity contribution in [3.63, 3.8) is 0 Å². The fraction of sp³-hybridized carbons (Fsp3) is 0.533. The van der Waals surface area contributed by atoms with E-state index in [1.807, 2.05) is 36.2 Å². The molecule has 3 heteroatoms. The number of amides is 1. The van der Waals surface area contributed by atoms with E-state index in [0.29, 0.717) is 12.5 Å². The summed E-state index contributed by atoms with van der Waals surface area (Å²) in [6, 6.07) is 7.79. The van der Waals surface area contributed by atoms with Crippen LogP contribution >= 0.6 is 0 Å². The molecule has 3 nitrogen and oxygen atoms in total. The predicted octanol–water partition coefficient (Wildman–Crippen LogP) is 2.06. The molecule has 1 aromatic rings. The van der Waals surface area contributed by atoms with Crippen LogP contribution in [-0.2, 0) is 6.42 Å². The van der Waals surface area contributed by atoms with E-state index in [9.17, 15) is 4.79 Å². The summed E-state index contributed by atoms with van der Waals surface area (Å²) in [6.07, 6.45) is 4.61. The zero-order valence-corrected chi connectivity index (χ0v) is 11.1. The van der Waals surface area contributed by atoms with Gasteiger partial charge < -0.3 is 10.6 Å². The summed E-state index contributed by atoms with van der Waals surface area (Å²) in [5.41, 5.74) is 7.46. The van der Waals surface area contributed by atoms with Gasteiger partial charge in [0.05, 0.1) is 0 Å². The van der Waals surface area contributed by atoms with E-state index in [2.05, 4.69) is 0 Å². The van der Waals surface area contributed by atoms with Crippen LogP contribution in [0.15, 0.2) is 24.3 Å². The van der Waals surface area contributed by atoms with Gasteiger partial charge in [-0.3, -0.25) is 4.79 Å². The Balaban J connectivity index is 2.06. The third-order valence-electron chi connectivity index (χ3n) is 3.76. The van der Waals surface area contributed by atoms with E-state index in [4.69, 9.17) is 5.73 Å². The van der Waals surface area contributed by atoms with Crippen molar-refractivity contribution in [2.75, 3.05) is 20.1 Å². The molecule has 1 aliphatic carbocycles. The molecule has 0 radical (unpaired) electrons. The lowest BCUT2D eigenvalue weighted by molar-refractivity contribution is 0.0744. The van der Waals surface area contributed by atoms with Gasteiger partial charge in [0, 0.05) is 19.2 Å². The van der Waals surface area contributed by atoms with Crippen LogP contribution in [0.5, 0.6) is 0 Å². The van der Waals surface area contributed by atoms with Gasteiger partial charge in [0.1, 0.15) is 0 Å². The van der Waals surface area contributed by atoms with Crippen LogP contribution in [0.1, 0.15) is 35.2 Å². The smallest absolute Gasteiger partial charge is 0.253 e. The normalized spacial score (nSPS) is 15.2. The van der Waals surface area contributed by atoms with Crippen LogP contribution in [0.3, 0.4) is 0 Å². The monoisotopic (exact) mass is 246 g/mol. The molecule has 0 aliphatic heterocycles. The molecular weight excluding hydrogens is 224 g/mol. The number of carbonyl (C=O) groups is 1. The van der Waals surface area contributed by atoms with Gasteiger partial charge in [-0.25, -0.2) is 0 Å². The quantitative estimate of drug-likeness (QED) is 0.864. The summed E-state index contributed by atoms with van der Waals surface area (Å²) in [4.78, 5) is 14.3. The van der Waals surface area contributed by atoms with Gasteiger partial charge in [-0.15, -0.1) is 0 Å². The topological polar surface area (TPSA) is 46.3 Å². The van der Waals surface area contributed by atoms with Gasteiger partial charge in [-0.2, -0.15) is 0 Å². The van der Waals surface area contributed by atoms with Crippen molar-refractivity contribution in [2.24, 2.45) is 11.7 Å². The molecular formula is C15H22N2O. The minimum Gasteiger partial charge on any atom is -0.341 e. The highest BCUT2D eigenvalue weighted by atomic mass is 16.2. The summed E-state index contributed by atoms with van der Waals surface area (Å²) < 4.78 is 0. The molecule has 2 rings (SSSR count). The molecule has 0 bridgehead atoms. The van der Waals surface area contributed by atoms with E-state index < -0.39 is 0 Å². The van der Waals surface area contributed by atoms with Gasteiger partial charge in [-0.1, -0.05) is 24.6 Å². The van der Waals surface area contributed by atoms with Crippen molar-refractivity contribution >= 4 is 5.91 Å². The number of carbonyl (C=O) groups excluding carboxylic acids is 1. The number of hydrogen-bond donors (Lipinski definition) is 1. The van der Waals surface area contributed by atoms with Crippen molar-refractivity contribution < 1.29 is 4.79 Å². The van der Waals surface area contributed by atoms with Crippen LogP contribution in [0, 0.1) is 5.92 Å². The highest BCUT2D eigenvalue weighted by Gasteiger charge is 2.22. The predicted molar refractivity (Wildman–Crippen MR) is 73.5 cm³/mol. The van der Waals surface area contributed by atoms with E-state index in [1.54, 1.807) is 0 Å². The Morgan fingerprint density at radius 2 is 2.11 bits per heavy atom. The fourth-order valence-electron chi connectivity index (χ4n) is 2.45. The Bertz CT molecular complexity index is 413. The molecule has 0 spiro atoms. The molecule has 0 unspecified atom stereocenters. The zero-order chi connectivity index (χ0) is 13.0. The third kappa shape index (κ3) is 2.91. The Morgan fingerprint density at radius 1 is 1.39 bits per heavy atom. The lowest BCUT2D eigenvalue weighted by Gasteiger charge is -2.30. The maximum atomic E-state index is 12.4. The molecule has 0 heterocycles. The van der Waals surface area contributed by atoms with Crippen LogP contribution in [0.4, 0.5) is 0 Å². The summed E-state index contributed by atoms with van der Waals surface area (Å²) in [5.74, 6) is 0.839. The number of nitrogens with zero attached hydrogens (tertiary/aromatic N) is 1. The lowest BCUT2D eigenvalue weighted by Crippen LogP contribution is -2.34. The molecule has 0 atom stereocenters. The molecule has 1 aliphatic rings. The molecule has 98 valence electrons. The van der Waals surface area contributed by atoms with Crippen molar-refractivity contribution in [1.82, 2.24) is 4.90 Å². The number of rotatable bonds is 5. The summed E-state index contributed by atoms with van der Waals surface area (Å²) >= 11 is 0. The summed E-state index contributed by atoms with van der Waals surface area (Å²) in [5, 5.41) is 0. The number of nitrogens with two attached hydrogens (primary N) is 1. The minimum absolute atomic E-state index is 0.131. The summed E-state index contributed by atoms with van der Waals surface area (Å²) in [7, 11) is 1.90. The Kier molecular flexibility index (Phi) is 4.37. The van der Waals surface area contributed by atoms with Crippen molar-refractivity contribution in [3.8, 4) is 0 Å². The van der Waals surface area contributed by atoms with Gasteiger partial charge >= 0.3 is 0 Å². The average molecular weight is 246 g/mol. The number of benzene rings is 1. The van der Waals surface area contributed by atoms with Crippen LogP contribution in [0.25, 0.3) is 0 Å². The van der Waals surface area contributed by atoms with E-state index >= 15 is 0 Å². The summed E-state index contributed by atoms with van der Waals surface area (Å²) in [6.45, 7) is 1.46. The van der Waals surface area contributed by atoms with Gasteiger partial charge in [-0.05, 0) is 43.4 Å². The molecule has 2 N–H and O–H groups in total. The zero-order valence-electron chi connectivity index (χ0n) is 11.1. The second-order valence-corrected chi connectivity index (χ2v) is 5.18. The first-order valence-corrected chi connectivity index (χ1v) is 6.76.